The predicted molar refractivity (Wildman–Crippen MR) is 163 cm³/mol. The second-order valence-corrected chi connectivity index (χ2v) is 11.8. The molecule has 4 aromatic carbocycles. The lowest BCUT2D eigenvalue weighted by Gasteiger charge is -2.33. The van der Waals surface area contributed by atoms with Gasteiger partial charge in [-0.2, -0.15) is 0 Å². The van der Waals surface area contributed by atoms with Gasteiger partial charge in [0.2, 0.25) is 5.78 Å². The van der Waals surface area contributed by atoms with Gasteiger partial charge in [-0.05, 0) is 29.2 Å². The maximum absolute atomic E-state index is 14.3. The molecular formula is C34H24O4S2. The quantitative estimate of drug-likeness (QED) is 0.212. The molecule has 0 unspecified atom stereocenters. The summed E-state index contributed by atoms with van der Waals surface area (Å²) in [5.41, 5.74) is 3.09. The first-order valence-corrected chi connectivity index (χ1v) is 14.4. The summed E-state index contributed by atoms with van der Waals surface area (Å²) < 4.78 is 10.8. The van der Waals surface area contributed by atoms with Crippen molar-refractivity contribution in [3.63, 3.8) is 0 Å². The number of hydrogen-bond acceptors (Lipinski definition) is 6. The molecule has 0 radical (unpaired) electrons. The third-order valence-electron chi connectivity index (χ3n) is 6.65. The van der Waals surface area contributed by atoms with Gasteiger partial charge in [0.05, 0.1) is 12.7 Å². The van der Waals surface area contributed by atoms with Crippen molar-refractivity contribution in [1.82, 2.24) is 0 Å². The molecule has 0 fully saturated rings. The van der Waals surface area contributed by atoms with Crippen LogP contribution in [0.1, 0.15) is 31.8 Å². The summed E-state index contributed by atoms with van der Waals surface area (Å²) in [4.78, 5) is 29.4. The minimum absolute atomic E-state index is 0.0470. The number of allylic oxidation sites excluding steroid dienone is 1. The number of hydrogen-bond donors (Lipinski definition) is 0. The standard InChI is InChI=1S/C34H24O4S2/c1-37-27-19-17-24(18-20-27)29-22-39-34(40-29)21-28(23-11-5-2-6-12-23)38-33(32(36)26-15-9-4-10-16-26)30(34)31(35)25-13-7-3-8-14-25/h2-22H,1H3/t34-/m0/s1. The van der Waals surface area contributed by atoms with Gasteiger partial charge in [-0.25, -0.2) is 0 Å². The summed E-state index contributed by atoms with van der Waals surface area (Å²) in [6.07, 6.45) is 1.97. The summed E-state index contributed by atoms with van der Waals surface area (Å²) in [5.74, 6) is 0.773. The number of ether oxygens (including phenoxy) is 2. The summed E-state index contributed by atoms with van der Waals surface area (Å²) in [6, 6.07) is 35.5. The molecule has 40 heavy (non-hydrogen) atoms. The van der Waals surface area contributed by atoms with Gasteiger partial charge >= 0.3 is 0 Å². The van der Waals surface area contributed by atoms with Crippen molar-refractivity contribution in [2.75, 3.05) is 7.11 Å². The number of carbonyl (C=O) groups excluding carboxylic acids is 2. The van der Waals surface area contributed by atoms with E-state index < -0.39 is 4.08 Å². The van der Waals surface area contributed by atoms with Crippen LogP contribution < -0.4 is 4.74 Å². The van der Waals surface area contributed by atoms with Crippen LogP contribution in [0, 0.1) is 0 Å². The number of Topliss-reactive ketones (excluding diaryl/α,β-unsaturated/α-hetero) is 2. The Bertz CT molecular complexity index is 1660. The van der Waals surface area contributed by atoms with Crippen molar-refractivity contribution < 1.29 is 19.1 Å². The highest BCUT2D eigenvalue weighted by molar-refractivity contribution is 8.27. The third-order valence-corrected chi connectivity index (χ3v) is 9.56. The molecule has 196 valence electrons. The molecule has 2 heterocycles. The maximum Gasteiger partial charge on any atom is 0.228 e. The number of carbonyl (C=O) groups is 2. The van der Waals surface area contributed by atoms with Crippen molar-refractivity contribution in [1.29, 1.82) is 0 Å². The molecule has 2 aliphatic rings. The Morgan fingerprint density at radius 1 is 0.700 bits per heavy atom. The molecule has 2 aliphatic heterocycles. The van der Waals surface area contributed by atoms with Gasteiger partial charge < -0.3 is 9.47 Å². The first kappa shape index (κ1) is 26.0. The second kappa shape index (κ2) is 11.1. The Hall–Kier alpha value is -4.26. The lowest BCUT2D eigenvalue weighted by Crippen LogP contribution is -2.32. The summed E-state index contributed by atoms with van der Waals surface area (Å²) >= 11 is 3.05. The van der Waals surface area contributed by atoms with Gasteiger partial charge in [-0.3, -0.25) is 9.59 Å². The van der Waals surface area contributed by atoms with Gasteiger partial charge in [0.15, 0.2) is 11.5 Å². The number of rotatable bonds is 7. The predicted octanol–water partition coefficient (Wildman–Crippen LogP) is 8.26. The Balaban J connectivity index is 1.53. The summed E-state index contributed by atoms with van der Waals surface area (Å²) in [5, 5.41) is 2.06. The molecule has 6 heteroatoms. The highest BCUT2D eigenvalue weighted by atomic mass is 32.2. The van der Waals surface area contributed by atoms with Gasteiger partial charge in [0.25, 0.3) is 0 Å². The molecule has 0 aliphatic carbocycles. The monoisotopic (exact) mass is 560 g/mol. The van der Waals surface area contributed by atoms with E-state index in [-0.39, 0.29) is 17.3 Å². The fourth-order valence-electron chi connectivity index (χ4n) is 4.62. The van der Waals surface area contributed by atoms with Crippen LogP contribution in [0.2, 0.25) is 0 Å². The van der Waals surface area contributed by atoms with Crippen molar-refractivity contribution in [3.8, 4) is 5.75 Å². The molecule has 0 bridgehead atoms. The Morgan fingerprint density at radius 2 is 1.27 bits per heavy atom. The van der Waals surface area contributed by atoms with E-state index in [4.69, 9.17) is 9.47 Å². The topological polar surface area (TPSA) is 52.6 Å². The molecule has 0 saturated carbocycles. The Labute approximate surface area is 241 Å². The first-order chi connectivity index (χ1) is 19.6. The molecule has 0 saturated heterocycles. The number of benzene rings is 4. The van der Waals surface area contributed by atoms with E-state index in [9.17, 15) is 9.59 Å². The van der Waals surface area contributed by atoms with Crippen LogP contribution in [0.3, 0.4) is 0 Å². The van der Waals surface area contributed by atoms with Gasteiger partial charge in [0.1, 0.15) is 15.6 Å². The fraction of sp³-hybridized carbons (Fsp3) is 0.0588. The minimum Gasteiger partial charge on any atom is -0.497 e. The Kier molecular flexibility index (Phi) is 7.20. The molecule has 1 atom stereocenters. The lowest BCUT2D eigenvalue weighted by atomic mass is 9.93. The van der Waals surface area contributed by atoms with Crippen molar-refractivity contribution in [2.45, 2.75) is 4.08 Å². The zero-order chi connectivity index (χ0) is 27.5. The van der Waals surface area contributed by atoms with Crippen LogP contribution in [0.25, 0.3) is 10.7 Å². The average molecular weight is 561 g/mol. The van der Waals surface area contributed by atoms with E-state index >= 15 is 0 Å². The fourth-order valence-corrected chi connectivity index (χ4v) is 7.50. The third kappa shape index (κ3) is 4.92. The SMILES string of the molecule is COc1ccc(C2=CS[C@@]3(C=C(c4ccccc4)OC(C(=O)c4ccccc4)=C3C(=O)c3ccccc3)S2)cc1. The lowest BCUT2D eigenvalue weighted by molar-refractivity contribution is 0.0946. The molecule has 4 aromatic rings. The van der Waals surface area contributed by atoms with E-state index in [1.807, 2.05) is 84.9 Å². The highest BCUT2D eigenvalue weighted by Crippen LogP contribution is 2.61. The van der Waals surface area contributed by atoms with Crippen molar-refractivity contribution in [3.05, 3.63) is 160 Å². The molecule has 6 rings (SSSR count). The van der Waals surface area contributed by atoms with E-state index in [0.29, 0.717) is 22.5 Å². The zero-order valence-electron chi connectivity index (χ0n) is 21.6. The van der Waals surface area contributed by atoms with E-state index in [1.165, 1.54) is 11.8 Å². The highest BCUT2D eigenvalue weighted by Gasteiger charge is 2.49. The van der Waals surface area contributed by atoms with Crippen LogP contribution in [-0.4, -0.2) is 22.8 Å². The summed E-state index contributed by atoms with van der Waals surface area (Å²) in [6.45, 7) is 0. The van der Waals surface area contributed by atoms with E-state index in [0.717, 1.165) is 21.8 Å². The second-order valence-electron chi connectivity index (χ2n) is 9.17. The Morgan fingerprint density at radius 3 is 1.88 bits per heavy atom. The number of thioether (sulfide) groups is 2. The summed E-state index contributed by atoms with van der Waals surface area (Å²) in [7, 11) is 1.64. The molecule has 0 aromatic heterocycles. The molecule has 4 nitrogen and oxygen atoms in total. The molecular weight excluding hydrogens is 537 g/mol. The zero-order valence-corrected chi connectivity index (χ0v) is 23.2. The van der Waals surface area contributed by atoms with E-state index in [2.05, 4.69) is 5.41 Å². The van der Waals surface area contributed by atoms with Crippen LogP contribution in [0.4, 0.5) is 0 Å². The number of ketones is 2. The first-order valence-electron chi connectivity index (χ1n) is 12.7. The van der Waals surface area contributed by atoms with E-state index in [1.54, 1.807) is 55.3 Å². The van der Waals surface area contributed by atoms with Crippen molar-refractivity contribution >= 4 is 45.8 Å². The molecule has 0 N–H and O–H groups in total. The van der Waals surface area contributed by atoms with Crippen LogP contribution in [-0.2, 0) is 4.74 Å². The van der Waals surface area contributed by atoms with Crippen LogP contribution in [0.5, 0.6) is 5.75 Å². The molecule has 0 amide bonds. The van der Waals surface area contributed by atoms with Crippen LogP contribution >= 0.6 is 23.5 Å². The van der Waals surface area contributed by atoms with Crippen molar-refractivity contribution in [2.24, 2.45) is 0 Å². The van der Waals surface area contributed by atoms with Gasteiger partial charge in [-0.1, -0.05) is 115 Å². The van der Waals surface area contributed by atoms with Gasteiger partial charge in [-0.15, -0.1) is 11.8 Å². The largest absolute Gasteiger partial charge is 0.497 e. The molecule has 1 spiro atoms. The maximum atomic E-state index is 14.3. The number of methoxy groups -OCH3 is 1. The average Bonchev–Trinajstić information content (AvgIpc) is 3.45. The van der Waals surface area contributed by atoms with Gasteiger partial charge in [0, 0.05) is 21.6 Å². The minimum atomic E-state index is -0.925. The normalized spacial score (nSPS) is 18.1. The smallest absolute Gasteiger partial charge is 0.228 e. The van der Waals surface area contributed by atoms with Crippen LogP contribution in [0.15, 0.2) is 138 Å².